The number of nitrogens with zero attached hydrogens (tertiary/aromatic N) is 2. The average Bonchev–Trinajstić information content (AvgIpc) is 2.34. The average molecular weight is 249 g/mol. The molecule has 0 radical (unpaired) electrons. The molecule has 0 amide bonds. The van der Waals surface area contributed by atoms with Gasteiger partial charge >= 0.3 is 0 Å². The zero-order valence-corrected chi connectivity index (χ0v) is 12.5. The molecule has 0 saturated heterocycles. The van der Waals surface area contributed by atoms with Crippen molar-refractivity contribution in [3.63, 3.8) is 0 Å². The van der Waals surface area contributed by atoms with Crippen molar-refractivity contribution >= 4 is 12.2 Å². The second-order valence-electron chi connectivity index (χ2n) is 4.39. The fraction of sp³-hybridized carbons (Fsp3) is 0.600. The summed E-state index contributed by atoms with van der Waals surface area (Å²) in [7, 11) is 0. The monoisotopic (exact) mass is 249 g/mol. The molecule has 3 nitrogen and oxygen atoms in total. The minimum absolute atomic E-state index is 0.329. The van der Waals surface area contributed by atoms with Crippen LogP contribution in [0.5, 0.6) is 0 Å². The zero-order chi connectivity index (χ0) is 14.0. The summed E-state index contributed by atoms with van der Waals surface area (Å²) in [4.78, 5) is 6.17. The molecule has 0 fully saturated rings. The third-order valence-corrected chi connectivity index (χ3v) is 2.41. The van der Waals surface area contributed by atoms with E-state index in [2.05, 4.69) is 44.8 Å². The molecule has 0 rings (SSSR count). The van der Waals surface area contributed by atoms with Crippen LogP contribution in [0.25, 0.3) is 0 Å². The van der Waals surface area contributed by atoms with Gasteiger partial charge in [-0.25, -0.2) is 4.99 Å². The molecule has 18 heavy (non-hydrogen) atoms. The molecule has 0 aromatic heterocycles. The van der Waals surface area contributed by atoms with Crippen LogP contribution < -0.4 is 0 Å². The van der Waals surface area contributed by atoms with Gasteiger partial charge in [0, 0.05) is 18.5 Å². The largest absolute Gasteiger partial charge is 0.311 e. The Morgan fingerprint density at radius 2 is 1.83 bits per heavy atom. The first-order chi connectivity index (χ1) is 8.58. The quantitative estimate of drug-likeness (QED) is 0.423. The summed E-state index contributed by atoms with van der Waals surface area (Å²) in [5, 5.41) is 8.07. The van der Waals surface area contributed by atoms with Crippen LogP contribution in [0.3, 0.4) is 0 Å². The Hall–Kier alpha value is -1.38. The zero-order valence-electron chi connectivity index (χ0n) is 12.5. The number of guanidine groups is 1. The number of allylic oxidation sites excluding steroid dienone is 3. The first kappa shape index (κ1) is 16.6. The van der Waals surface area contributed by atoms with Gasteiger partial charge in [-0.2, -0.15) is 0 Å². The van der Waals surface area contributed by atoms with E-state index in [9.17, 15) is 0 Å². The van der Waals surface area contributed by atoms with Crippen LogP contribution >= 0.6 is 0 Å². The lowest BCUT2D eigenvalue weighted by molar-refractivity contribution is 0.507. The van der Waals surface area contributed by atoms with E-state index in [0.717, 1.165) is 31.5 Å². The van der Waals surface area contributed by atoms with Crippen molar-refractivity contribution in [2.75, 3.05) is 6.54 Å². The number of rotatable bonds is 6. The molecule has 3 heteroatoms. The lowest BCUT2D eigenvalue weighted by atomic mass is 10.2. The number of aliphatic imine (C=N–C) groups is 1. The van der Waals surface area contributed by atoms with Crippen LogP contribution in [0.15, 0.2) is 28.4 Å². The van der Waals surface area contributed by atoms with Crippen molar-refractivity contribution in [3.8, 4) is 0 Å². The summed E-state index contributed by atoms with van der Waals surface area (Å²) in [6.45, 7) is 11.2. The van der Waals surface area contributed by atoms with E-state index in [1.807, 2.05) is 11.8 Å². The van der Waals surface area contributed by atoms with Gasteiger partial charge in [-0.1, -0.05) is 32.4 Å². The molecule has 0 heterocycles. The molecular formula is C15H27N3. The molecule has 0 aromatic carbocycles. The Labute approximate surface area is 112 Å². The van der Waals surface area contributed by atoms with Crippen LogP contribution in [-0.2, 0) is 0 Å². The predicted molar refractivity (Wildman–Crippen MR) is 81.3 cm³/mol. The molecular weight excluding hydrogens is 222 g/mol. The fourth-order valence-electron chi connectivity index (χ4n) is 1.57. The van der Waals surface area contributed by atoms with E-state index in [1.54, 1.807) is 6.21 Å². The van der Waals surface area contributed by atoms with Gasteiger partial charge in [0.15, 0.2) is 0 Å². The Morgan fingerprint density at radius 1 is 1.17 bits per heavy atom. The Kier molecular flexibility index (Phi) is 8.89. The summed E-state index contributed by atoms with van der Waals surface area (Å²) >= 11 is 0. The third kappa shape index (κ3) is 5.80. The first-order valence-electron chi connectivity index (χ1n) is 6.81. The summed E-state index contributed by atoms with van der Waals surface area (Å²) in [6.07, 6.45) is 8.88. The van der Waals surface area contributed by atoms with Crippen molar-refractivity contribution in [2.45, 2.75) is 53.9 Å². The summed E-state index contributed by atoms with van der Waals surface area (Å²) in [5.41, 5.74) is 2.31. The Morgan fingerprint density at radius 3 is 2.28 bits per heavy atom. The van der Waals surface area contributed by atoms with Crippen molar-refractivity contribution < 1.29 is 0 Å². The van der Waals surface area contributed by atoms with E-state index in [4.69, 9.17) is 5.41 Å². The van der Waals surface area contributed by atoms with Crippen LogP contribution in [0.2, 0.25) is 0 Å². The highest BCUT2D eigenvalue weighted by molar-refractivity contribution is 5.87. The molecule has 0 atom stereocenters. The van der Waals surface area contributed by atoms with E-state index in [-0.39, 0.29) is 0 Å². The van der Waals surface area contributed by atoms with Gasteiger partial charge in [0.1, 0.15) is 0 Å². The maximum atomic E-state index is 8.07. The second kappa shape index (κ2) is 9.63. The van der Waals surface area contributed by atoms with E-state index in [1.165, 1.54) is 5.57 Å². The van der Waals surface area contributed by atoms with Gasteiger partial charge in [0.2, 0.25) is 5.96 Å². The van der Waals surface area contributed by atoms with Gasteiger partial charge in [0.25, 0.3) is 0 Å². The van der Waals surface area contributed by atoms with Gasteiger partial charge < -0.3 is 4.90 Å². The number of nitrogens with one attached hydrogen (secondary N) is 1. The molecule has 0 bridgehead atoms. The van der Waals surface area contributed by atoms with Crippen molar-refractivity contribution in [2.24, 2.45) is 4.99 Å². The van der Waals surface area contributed by atoms with Gasteiger partial charge in [-0.05, 0) is 39.2 Å². The first-order valence-corrected chi connectivity index (χ1v) is 6.81. The highest BCUT2D eigenvalue weighted by Crippen LogP contribution is 2.14. The standard InChI is InChI=1S/C15H27N3/c1-6-9-10-14(13(4)5)18(12-8-3)15(16)17-11-7-2/h9-11,16H,6-8,12H2,1-5H3/b10-9-,16-15?,17-11?. The number of hydrogen-bond acceptors (Lipinski definition) is 1. The van der Waals surface area contributed by atoms with Crippen molar-refractivity contribution in [1.29, 1.82) is 5.41 Å². The molecule has 0 spiro atoms. The summed E-state index contributed by atoms with van der Waals surface area (Å²) < 4.78 is 0. The molecule has 0 saturated carbocycles. The Balaban J connectivity index is 5.16. The third-order valence-electron chi connectivity index (χ3n) is 2.41. The van der Waals surface area contributed by atoms with E-state index >= 15 is 0 Å². The summed E-state index contributed by atoms with van der Waals surface area (Å²) in [6, 6.07) is 0. The van der Waals surface area contributed by atoms with Gasteiger partial charge in [-0.15, -0.1) is 0 Å². The lowest BCUT2D eigenvalue weighted by Crippen LogP contribution is -2.29. The van der Waals surface area contributed by atoms with Crippen LogP contribution in [-0.4, -0.2) is 23.6 Å². The van der Waals surface area contributed by atoms with Crippen LogP contribution in [0.4, 0.5) is 0 Å². The maximum absolute atomic E-state index is 8.07. The van der Waals surface area contributed by atoms with Gasteiger partial charge in [0.05, 0.1) is 0 Å². The summed E-state index contributed by atoms with van der Waals surface area (Å²) in [5.74, 6) is 0.329. The van der Waals surface area contributed by atoms with Crippen LogP contribution in [0.1, 0.15) is 53.9 Å². The molecule has 0 aliphatic carbocycles. The minimum Gasteiger partial charge on any atom is -0.311 e. The normalized spacial score (nSPS) is 11.2. The predicted octanol–water partition coefficient (Wildman–Crippen LogP) is 4.37. The topological polar surface area (TPSA) is 39.5 Å². The molecule has 0 aliphatic rings. The minimum atomic E-state index is 0.329. The van der Waals surface area contributed by atoms with Crippen molar-refractivity contribution in [1.82, 2.24) is 4.90 Å². The maximum Gasteiger partial charge on any atom is 0.221 e. The SMILES string of the molecule is CCC=NC(=N)N(CCC)C(/C=C\CC)=C(C)C. The second-order valence-corrected chi connectivity index (χ2v) is 4.39. The molecule has 1 N–H and O–H groups in total. The smallest absolute Gasteiger partial charge is 0.221 e. The Bertz CT molecular complexity index is 334. The highest BCUT2D eigenvalue weighted by Gasteiger charge is 2.12. The van der Waals surface area contributed by atoms with Crippen molar-refractivity contribution in [3.05, 3.63) is 23.4 Å². The lowest BCUT2D eigenvalue weighted by Gasteiger charge is -2.24. The molecule has 102 valence electrons. The fourth-order valence-corrected chi connectivity index (χ4v) is 1.57. The van der Waals surface area contributed by atoms with Crippen LogP contribution in [0, 0.1) is 5.41 Å². The van der Waals surface area contributed by atoms with E-state index < -0.39 is 0 Å². The molecule has 0 aliphatic heterocycles. The molecule has 0 aromatic rings. The van der Waals surface area contributed by atoms with E-state index in [0.29, 0.717) is 5.96 Å². The molecule has 0 unspecified atom stereocenters. The highest BCUT2D eigenvalue weighted by atomic mass is 15.3. The number of hydrogen-bond donors (Lipinski definition) is 1. The van der Waals surface area contributed by atoms with Gasteiger partial charge in [-0.3, -0.25) is 5.41 Å².